The van der Waals surface area contributed by atoms with Crippen LogP contribution in [-0.2, 0) is 6.18 Å². The van der Waals surface area contributed by atoms with Gasteiger partial charge in [-0.15, -0.1) is 0 Å². The van der Waals surface area contributed by atoms with Gasteiger partial charge in [-0.25, -0.2) is 0 Å². The molecule has 13 heteroatoms. The molecule has 43 heavy (non-hydrogen) atoms. The number of anilines is 4. The van der Waals surface area contributed by atoms with Crippen molar-refractivity contribution in [2.75, 3.05) is 41.3 Å². The maximum atomic E-state index is 13.3. The van der Waals surface area contributed by atoms with Crippen LogP contribution in [0.5, 0.6) is 11.8 Å². The third-order valence-corrected chi connectivity index (χ3v) is 8.13. The van der Waals surface area contributed by atoms with Gasteiger partial charge in [0.25, 0.3) is 0 Å². The van der Waals surface area contributed by atoms with Gasteiger partial charge in [-0.3, -0.25) is 5.10 Å². The second-order valence-electron chi connectivity index (χ2n) is 10.9. The molecule has 0 bridgehead atoms. The lowest BCUT2D eigenvalue weighted by Gasteiger charge is -2.37. The Kier molecular flexibility index (Phi) is 6.80. The van der Waals surface area contributed by atoms with Gasteiger partial charge >= 0.3 is 12.2 Å². The quantitative estimate of drug-likeness (QED) is 0.177. The van der Waals surface area contributed by atoms with Crippen molar-refractivity contribution in [1.29, 1.82) is 0 Å². The third-order valence-electron chi connectivity index (χ3n) is 7.74. The highest BCUT2D eigenvalue weighted by Crippen LogP contribution is 2.40. The molecule has 5 aromatic rings. The van der Waals surface area contributed by atoms with Crippen LogP contribution in [0, 0.1) is 6.92 Å². The molecule has 1 aliphatic heterocycles. The lowest BCUT2D eigenvalue weighted by atomic mass is 10.1. The summed E-state index contributed by atoms with van der Waals surface area (Å²) in [6.45, 7) is 4.07. The molecular weight excluding hydrogens is 581 g/mol. The van der Waals surface area contributed by atoms with Crippen molar-refractivity contribution in [3.05, 3.63) is 76.6 Å². The number of ether oxygens (including phenoxy) is 1. The SMILES string of the molecule is Cc1cc2c(Cl)c(Oc3nc(Nc4cc(C5CC5)[nH]n4)cc(N4CCN(c5cccc(C(F)(F)F)c5)CC4)n3)ccc2[nH]1. The van der Waals surface area contributed by atoms with Crippen LogP contribution in [-0.4, -0.2) is 51.3 Å². The van der Waals surface area contributed by atoms with Crippen LogP contribution in [0.25, 0.3) is 10.9 Å². The Labute approximate surface area is 250 Å². The first-order valence-corrected chi connectivity index (χ1v) is 14.4. The topological polar surface area (TPSA) is 98.0 Å². The van der Waals surface area contributed by atoms with Crippen molar-refractivity contribution < 1.29 is 17.9 Å². The summed E-state index contributed by atoms with van der Waals surface area (Å²) in [5.41, 5.74) is 2.85. The summed E-state index contributed by atoms with van der Waals surface area (Å²) in [7, 11) is 0. The summed E-state index contributed by atoms with van der Waals surface area (Å²) in [5.74, 6) is 2.67. The number of piperazine rings is 1. The minimum absolute atomic E-state index is 0.103. The van der Waals surface area contributed by atoms with Crippen molar-refractivity contribution in [3.8, 4) is 11.8 Å². The zero-order valence-corrected chi connectivity index (χ0v) is 23.9. The molecule has 3 N–H and O–H groups in total. The summed E-state index contributed by atoms with van der Waals surface area (Å²) in [5, 5.41) is 12.0. The Bertz CT molecular complexity index is 1790. The number of alkyl halides is 3. The smallest absolute Gasteiger partial charge is 0.416 e. The second kappa shape index (κ2) is 10.7. The summed E-state index contributed by atoms with van der Waals surface area (Å²) in [6, 6.07) is 14.9. The Morgan fingerprint density at radius 1 is 0.953 bits per heavy atom. The van der Waals surface area contributed by atoms with Crippen LogP contribution in [0.3, 0.4) is 0 Å². The minimum Gasteiger partial charge on any atom is -0.423 e. The molecule has 1 saturated carbocycles. The van der Waals surface area contributed by atoms with Crippen molar-refractivity contribution in [2.45, 2.75) is 31.9 Å². The monoisotopic (exact) mass is 608 g/mol. The van der Waals surface area contributed by atoms with E-state index >= 15 is 0 Å². The molecule has 0 spiro atoms. The van der Waals surface area contributed by atoms with Gasteiger partial charge in [0, 0.05) is 72.2 Å². The fourth-order valence-electron chi connectivity index (χ4n) is 5.36. The number of aromatic amines is 2. The molecule has 9 nitrogen and oxygen atoms in total. The lowest BCUT2D eigenvalue weighted by molar-refractivity contribution is -0.137. The zero-order chi connectivity index (χ0) is 29.7. The normalized spacial score (nSPS) is 15.7. The fraction of sp³-hybridized carbons (Fsp3) is 0.300. The Morgan fingerprint density at radius 2 is 1.74 bits per heavy atom. The number of H-pyrrole nitrogens is 2. The van der Waals surface area contributed by atoms with E-state index in [1.807, 2.05) is 36.1 Å². The summed E-state index contributed by atoms with van der Waals surface area (Å²) in [4.78, 5) is 16.6. The Balaban J connectivity index is 1.15. The van der Waals surface area contributed by atoms with Gasteiger partial charge in [-0.1, -0.05) is 17.7 Å². The molecule has 1 saturated heterocycles. The molecule has 7 rings (SSSR count). The zero-order valence-electron chi connectivity index (χ0n) is 23.2. The number of hydrogen-bond acceptors (Lipinski definition) is 7. The van der Waals surface area contributed by atoms with E-state index in [0.717, 1.165) is 41.2 Å². The van der Waals surface area contributed by atoms with E-state index < -0.39 is 11.7 Å². The number of halogens is 4. The van der Waals surface area contributed by atoms with Crippen molar-refractivity contribution in [3.63, 3.8) is 0 Å². The average molecular weight is 609 g/mol. The van der Waals surface area contributed by atoms with Crippen molar-refractivity contribution in [2.24, 2.45) is 0 Å². The van der Waals surface area contributed by atoms with E-state index in [2.05, 4.69) is 30.4 Å². The van der Waals surface area contributed by atoms with Gasteiger partial charge in [0.2, 0.25) is 0 Å². The number of aromatic nitrogens is 5. The van der Waals surface area contributed by atoms with Crippen molar-refractivity contribution >= 4 is 45.6 Å². The first-order valence-electron chi connectivity index (χ1n) is 14.0. The number of nitrogens with zero attached hydrogens (tertiary/aromatic N) is 5. The van der Waals surface area contributed by atoms with E-state index in [9.17, 15) is 13.2 Å². The highest BCUT2D eigenvalue weighted by Gasteiger charge is 2.31. The van der Waals surface area contributed by atoms with Gasteiger partial charge < -0.3 is 24.8 Å². The van der Waals surface area contributed by atoms with E-state index in [0.29, 0.717) is 66.0 Å². The maximum absolute atomic E-state index is 13.3. The largest absolute Gasteiger partial charge is 0.423 e. The van der Waals surface area contributed by atoms with Gasteiger partial charge in [0.1, 0.15) is 17.4 Å². The third kappa shape index (κ3) is 5.79. The highest BCUT2D eigenvalue weighted by atomic mass is 35.5. The van der Waals surface area contributed by atoms with Crippen LogP contribution in [0.15, 0.2) is 54.6 Å². The molecule has 222 valence electrons. The molecule has 1 aliphatic carbocycles. The van der Waals surface area contributed by atoms with E-state index in [1.165, 1.54) is 12.1 Å². The summed E-state index contributed by atoms with van der Waals surface area (Å²) < 4.78 is 46.0. The van der Waals surface area contributed by atoms with Crippen LogP contribution in [0.4, 0.5) is 36.3 Å². The Morgan fingerprint density at radius 3 is 2.51 bits per heavy atom. The molecule has 4 heterocycles. The first kappa shape index (κ1) is 27.4. The minimum atomic E-state index is -4.39. The molecule has 2 fully saturated rings. The van der Waals surface area contributed by atoms with E-state index in [-0.39, 0.29) is 6.01 Å². The van der Waals surface area contributed by atoms with Crippen LogP contribution in [0.1, 0.15) is 35.7 Å². The maximum Gasteiger partial charge on any atom is 0.416 e. The fourth-order valence-corrected chi connectivity index (χ4v) is 5.62. The molecule has 0 atom stereocenters. The number of hydrogen-bond donors (Lipinski definition) is 3. The number of nitrogens with one attached hydrogen (secondary N) is 3. The molecule has 0 unspecified atom stereocenters. The molecule has 2 aromatic carbocycles. The number of aryl methyl sites for hydroxylation is 1. The van der Waals surface area contributed by atoms with Crippen LogP contribution < -0.4 is 19.9 Å². The van der Waals surface area contributed by atoms with Gasteiger partial charge in [-0.2, -0.15) is 28.2 Å². The standard InChI is InChI=1S/C30H28ClF3N8O/c1-17-13-21-22(35-17)7-8-24(28(21)31)43-29-37-25(36-26-15-23(39-40-26)18-5-6-18)16-27(38-29)42-11-9-41(10-12-42)20-4-2-3-19(14-20)30(32,33)34/h2-4,7-8,13-16,18,35H,5-6,9-12H2,1H3,(H2,36,37,38,39,40). The van der Waals surface area contributed by atoms with E-state index in [1.54, 1.807) is 12.1 Å². The molecule has 0 amide bonds. The molecule has 2 aliphatic rings. The molecular formula is C30H28ClF3N8O. The highest BCUT2D eigenvalue weighted by molar-refractivity contribution is 6.37. The summed E-state index contributed by atoms with van der Waals surface area (Å²) >= 11 is 6.70. The van der Waals surface area contributed by atoms with E-state index in [4.69, 9.17) is 21.3 Å². The molecule has 0 radical (unpaired) electrons. The predicted octanol–water partition coefficient (Wildman–Crippen LogP) is 7.40. The van der Waals surface area contributed by atoms with Crippen LogP contribution in [0.2, 0.25) is 5.02 Å². The van der Waals surface area contributed by atoms with Gasteiger partial charge in [-0.05, 0) is 56.2 Å². The van der Waals surface area contributed by atoms with Crippen molar-refractivity contribution in [1.82, 2.24) is 25.1 Å². The predicted molar refractivity (Wildman–Crippen MR) is 160 cm³/mol. The number of benzene rings is 2. The number of fused-ring (bicyclic) bond motifs is 1. The van der Waals surface area contributed by atoms with Gasteiger partial charge in [0.05, 0.1) is 10.6 Å². The molecule has 3 aromatic heterocycles. The average Bonchev–Trinajstić information content (AvgIpc) is 3.62. The van der Waals surface area contributed by atoms with Crippen LogP contribution >= 0.6 is 11.6 Å². The van der Waals surface area contributed by atoms with Gasteiger partial charge in [0.15, 0.2) is 5.82 Å². The summed E-state index contributed by atoms with van der Waals surface area (Å²) in [6.07, 6.45) is -2.09. The Hall–Kier alpha value is -4.45. The first-order chi connectivity index (χ1) is 20.7. The second-order valence-corrected chi connectivity index (χ2v) is 11.3. The number of rotatable bonds is 7. The lowest BCUT2D eigenvalue weighted by Crippen LogP contribution is -2.47.